The van der Waals surface area contributed by atoms with Crippen LogP contribution in [-0.4, -0.2) is 54.1 Å². The third-order valence-corrected chi connectivity index (χ3v) is 25.9. The van der Waals surface area contributed by atoms with Crippen molar-refractivity contribution in [2.75, 3.05) is 13.2 Å². The number of benzene rings is 2. The Morgan fingerprint density at radius 3 is 2.12 bits per heavy atom. The van der Waals surface area contributed by atoms with Crippen LogP contribution in [-0.2, 0) is 22.3 Å². The fraction of sp³-hybridized carbons (Fsp3) is 0.618. The molecule has 2 aliphatic heterocycles. The quantitative estimate of drug-likeness (QED) is 0.166. The predicted molar refractivity (Wildman–Crippen MR) is 173 cm³/mol. The van der Waals surface area contributed by atoms with Crippen molar-refractivity contribution in [2.24, 2.45) is 0 Å². The normalized spacial score (nSPS) is 17.5. The molecule has 41 heavy (non-hydrogen) atoms. The van der Waals surface area contributed by atoms with E-state index >= 15 is 0 Å². The number of fused-ring (bicyclic) bond motifs is 2. The first kappa shape index (κ1) is 32.7. The Hall–Kier alpha value is -1.22. The van der Waals surface area contributed by atoms with Crippen molar-refractivity contribution in [2.45, 2.75) is 127 Å². The molecule has 0 unspecified atom stereocenters. The Kier molecular flexibility index (Phi) is 11.6. The molecular formula is C34H51NO4SSn. The summed E-state index contributed by atoms with van der Waals surface area (Å²) in [5, 5.41) is 12.2. The van der Waals surface area contributed by atoms with Crippen LogP contribution in [0.25, 0.3) is 0 Å². The van der Waals surface area contributed by atoms with E-state index in [0.717, 1.165) is 12.8 Å². The van der Waals surface area contributed by atoms with Crippen LogP contribution in [0.1, 0.15) is 96.3 Å². The molecule has 1 amide bonds. The number of aryl methyl sites for hydroxylation is 1. The molecule has 5 nitrogen and oxygen atoms in total. The summed E-state index contributed by atoms with van der Waals surface area (Å²) in [5.41, 5.74) is 3.41. The van der Waals surface area contributed by atoms with Gasteiger partial charge < -0.3 is 14.6 Å². The van der Waals surface area contributed by atoms with E-state index in [9.17, 15) is 9.90 Å². The van der Waals surface area contributed by atoms with Gasteiger partial charge in [0.2, 0.25) is 0 Å². The first-order chi connectivity index (χ1) is 19.6. The summed E-state index contributed by atoms with van der Waals surface area (Å²) in [6.45, 7) is 11.4. The summed E-state index contributed by atoms with van der Waals surface area (Å²) in [7, 11) is 0. The Morgan fingerprint density at radius 1 is 0.902 bits per heavy atom. The molecule has 2 heterocycles. The molecule has 1 saturated heterocycles. The van der Waals surface area contributed by atoms with Crippen LogP contribution >= 0.6 is 11.8 Å². The topological polar surface area (TPSA) is 67.8 Å². The average molecular weight is 689 g/mol. The van der Waals surface area contributed by atoms with Gasteiger partial charge in [0, 0.05) is 0 Å². The molecule has 0 atom stereocenters. The molecule has 2 aromatic carbocycles. The zero-order valence-electron chi connectivity index (χ0n) is 25.9. The second kappa shape index (κ2) is 14.5. The summed E-state index contributed by atoms with van der Waals surface area (Å²) in [6.07, 6.45) is 9.43. The maximum atomic E-state index is 11.6. The van der Waals surface area contributed by atoms with E-state index in [2.05, 4.69) is 62.5 Å². The molecule has 0 aliphatic carbocycles. The first-order valence-electron chi connectivity index (χ1n) is 15.9. The molecular weight excluding hydrogens is 637 g/mol. The van der Waals surface area contributed by atoms with Gasteiger partial charge in [-0.3, -0.25) is 0 Å². The van der Waals surface area contributed by atoms with Crippen LogP contribution in [0.15, 0.2) is 46.2 Å². The fourth-order valence-corrected chi connectivity index (χ4v) is 23.6. The number of hydrogen-bond acceptors (Lipinski definition) is 4. The van der Waals surface area contributed by atoms with Gasteiger partial charge in [-0.25, -0.2) is 4.79 Å². The number of rotatable bonds is 14. The van der Waals surface area contributed by atoms with Gasteiger partial charge in [-0.15, -0.1) is 0 Å². The number of carbonyl (C=O) groups is 1. The SMILES string of the molecule is CCC[CH2][Sn]([CH2]CCC)([CH2]CCC)[c]1ccc2c(c1)Cc1ccc(CCC3(NC(=O)O)COC(C)(C)OC3)cc1S2. The fourth-order valence-electron chi connectivity index (χ4n) is 6.42. The van der Waals surface area contributed by atoms with Crippen molar-refractivity contribution >= 4 is 39.8 Å². The third kappa shape index (κ3) is 8.45. The van der Waals surface area contributed by atoms with Crippen LogP contribution in [0.4, 0.5) is 4.79 Å². The molecule has 1 fully saturated rings. The van der Waals surface area contributed by atoms with E-state index in [4.69, 9.17) is 9.47 Å². The van der Waals surface area contributed by atoms with Crippen molar-refractivity contribution in [1.82, 2.24) is 5.32 Å². The maximum absolute atomic E-state index is 11.6. The van der Waals surface area contributed by atoms with E-state index in [1.54, 1.807) is 3.58 Å². The Bertz CT molecular complexity index is 1150. The van der Waals surface area contributed by atoms with E-state index in [0.29, 0.717) is 19.6 Å². The van der Waals surface area contributed by atoms with Gasteiger partial charge in [0.05, 0.1) is 0 Å². The number of ether oxygens (including phenoxy) is 2. The molecule has 0 radical (unpaired) electrons. The van der Waals surface area contributed by atoms with Gasteiger partial charge in [0.15, 0.2) is 5.79 Å². The van der Waals surface area contributed by atoms with Gasteiger partial charge in [0.25, 0.3) is 0 Å². The van der Waals surface area contributed by atoms with E-state index in [1.807, 2.05) is 25.6 Å². The van der Waals surface area contributed by atoms with E-state index < -0.39 is 35.8 Å². The molecule has 2 N–H and O–H groups in total. The van der Waals surface area contributed by atoms with Gasteiger partial charge in [0.1, 0.15) is 0 Å². The van der Waals surface area contributed by atoms with Gasteiger partial charge in [-0.1, -0.05) is 0 Å². The first-order valence-corrected chi connectivity index (χ1v) is 24.1. The summed E-state index contributed by atoms with van der Waals surface area (Å²) < 4.78 is 18.0. The van der Waals surface area contributed by atoms with Crippen LogP contribution in [0, 0.1) is 0 Å². The molecule has 0 spiro atoms. The minimum atomic E-state index is -2.46. The van der Waals surface area contributed by atoms with Crippen LogP contribution < -0.4 is 8.90 Å². The Labute approximate surface area is 256 Å². The van der Waals surface area contributed by atoms with Gasteiger partial charge in [-0.2, -0.15) is 0 Å². The number of nitrogens with one attached hydrogen (secondary N) is 1. The van der Waals surface area contributed by atoms with Crippen LogP contribution in [0.5, 0.6) is 0 Å². The minimum absolute atomic E-state index is 0.309. The monoisotopic (exact) mass is 689 g/mol. The molecule has 226 valence electrons. The second-order valence-corrected chi connectivity index (χ2v) is 27.1. The van der Waals surface area contributed by atoms with Gasteiger partial charge >= 0.3 is 219 Å². The summed E-state index contributed by atoms with van der Waals surface area (Å²) >= 11 is -0.558. The third-order valence-electron chi connectivity index (χ3n) is 9.09. The Morgan fingerprint density at radius 2 is 1.54 bits per heavy atom. The predicted octanol–water partition coefficient (Wildman–Crippen LogP) is 8.52. The van der Waals surface area contributed by atoms with Crippen molar-refractivity contribution in [1.29, 1.82) is 0 Å². The molecule has 0 saturated carbocycles. The zero-order chi connectivity index (χ0) is 29.5. The molecule has 4 rings (SSSR count). The number of carboxylic acid groups (broad SMARTS) is 1. The second-order valence-electron chi connectivity index (χ2n) is 12.8. The van der Waals surface area contributed by atoms with Crippen molar-refractivity contribution < 1.29 is 19.4 Å². The molecule has 7 heteroatoms. The van der Waals surface area contributed by atoms with Crippen molar-refractivity contribution in [3.05, 3.63) is 53.1 Å². The number of unbranched alkanes of at least 4 members (excludes halogenated alkanes) is 3. The van der Waals surface area contributed by atoms with E-state index in [-0.39, 0.29) is 0 Å². The van der Waals surface area contributed by atoms with E-state index in [1.165, 1.54) is 78.3 Å². The molecule has 2 aromatic rings. The van der Waals surface area contributed by atoms with Gasteiger partial charge in [-0.05, 0) is 13.8 Å². The standard InChI is InChI=1S/C22H24NO4S.3C4H9.Sn/c1-21(2)26-13-22(14-27-21,23-20(24)25)10-9-15-7-8-17-12-16-5-3-4-6-18(16)28-19(17)11-15;3*1-3-4-2;/h4-8,11,23H,9-10,12-14H2,1-2H3,(H,24,25);3*1,3-4H2,2H3;. The molecule has 0 bridgehead atoms. The number of hydrogen-bond donors (Lipinski definition) is 2. The average Bonchev–Trinajstić information content (AvgIpc) is 2.96. The summed E-state index contributed by atoms with van der Waals surface area (Å²) in [5.74, 6) is -0.690. The van der Waals surface area contributed by atoms with Crippen molar-refractivity contribution in [3.63, 3.8) is 0 Å². The van der Waals surface area contributed by atoms with Crippen LogP contribution in [0.2, 0.25) is 13.3 Å². The zero-order valence-corrected chi connectivity index (χ0v) is 29.6. The van der Waals surface area contributed by atoms with Crippen molar-refractivity contribution in [3.8, 4) is 0 Å². The summed E-state index contributed by atoms with van der Waals surface area (Å²) in [6, 6.07) is 14.4. The Balaban J connectivity index is 1.51. The molecule has 2 aliphatic rings. The molecule has 0 aromatic heterocycles. The number of amides is 1. The summed E-state index contributed by atoms with van der Waals surface area (Å²) in [4.78, 5) is 14.3. The van der Waals surface area contributed by atoms with Crippen LogP contribution in [0.3, 0.4) is 0 Å².